The molecule has 2 aromatic rings. The Morgan fingerprint density at radius 2 is 1.81 bits per heavy atom. The highest BCUT2D eigenvalue weighted by molar-refractivity contribution is 5.75. The first-order valence-corrected chi connectivity index (χ1v) is 8.25. The van der Waals surface area contributed by atoms with Gasteiger partial charge in [0.25, 0.3) is 0 Å². The highest BCUT2D eigenvalue weighted by atomic mass is 15.2. The predicted molar refractivity (Wildman–Crippen MR) is 87.1 cm³/mol. The predicted octanol–water partition coefficient (Wildman–Crippen LogP) is 2.76. The standard InChI is InChI=1S/C17H26N4/c18-10-7-13-21-16-9-4-3-8-15(16)19-17(21)14-20-11-5-1-2-6-12-20/h3-4,8-9H,1-2,5-7,10-14,18H2. The fourth-order valence-electron chi connectivity index (χ4n) is 3.24. The van der Waals surface area contributed by atoms with Gasteiger partial charge < -0.3 is 10.3 Å². The monoisotopic (exact) mass is 286 g/mol. The fourth-order valence-corrected chi connectivity index (χ4v) is 3.24. The van der Waals surface area contributed by atoms with Crippen LogP contribution in [0.4, 0.5) is 0 Å². The summed E-state index contributed by atoms with van der Waals surface area (Å²) in [5.74, 6) is 1.20. The van der Waals surface area contributed by atoms with E-state index in [2.05, 4.69) is 33.7 Å². The van der Waals surface area contributed by atoms with E-state index in [1.165, 1.54) is 50.1 Å². The number of aromatic nitrogens is 2. The number of benzene rings is 1. The second-order valence-electron chi connectivity index (χ2n) is 6.00. The summed E-state index contributed by atoms with van der Waals surface area (Å²) in [6, 6.07) is 8.45. The molecule has 2 N–H and O–H groups in total. The zero-order chi connectivity index (χ0) is 14.5. The number of rotatable bonds is 5. The van der Waals surface area contributed by atoms with Crippen LogP contribution in [-0.4, -0.2) is 34.1 Å². The highest BCUT2D eigenvalue weighted by Gasteiger charge is 2.15. The molecule has 1 saturated heterocycles. The molecular weight excluding hydrogens is 260 g/mol. The summed E-state index contributed by atoms with van der Waals surface area (Å²) >= 11 is 0. The van der Waals surface area contributed by atoms with Gasteiger partial charge in [-0.3, -0.25) is 4.90 Å². The number of fused-ring (bicyclic) bond motifs is 1. The molecule has 1 fully saturated rings. The van der Waals surface area contributed by atoms with E-state index >= 15 is 0 Å². The third-order valence-corrected chi connectivity index (χ3v) is 4.38. The molecule has 4 heteroatoms. The van der Waals surface area contributed by atoms with E-state index in [1.807, 2.05) is 0 Å². The molecule has 0 spiro atoms. The molecule has 0 amide bonds. The third-order valence-electron chi connectivity index (χ3n) is 4.38. The van der Waals surface area contributed by atoms with Crippen LogP contribution in [0.5, 0.6) is 0 Å². The Kier molecular flexibility index (Phi) is 4.88. The molecule has 1 aromatic carbocycles. The van der Waals surface area contributed by atoms with Gasteiger partial charge in [-0.15, -0.1) is 0 Å². The third kappa shape index (κ3) is 3.44. The molecular formula is C17H26N4. The molecule has 1 aromatic heterocycles. The van der Waals surface area contributed by atoms with Gasteiger partial charge in [-0.25, -0.2) is 4.98 Å². The van der Waals surface area contributed by atoms with Crippen molar-refractivity contribution in [3.05, 3.63) is 30.1 Å². The van der Waals surface area contributed by atoms with E-state index in [0.717, 1.165) is 31.6 Å². The van der Waals surface area contributed by atoms with Crippen molar-refractivity contribution in [1.82, 2.24) is 14.5 Å². The lowest BCUT2D eigenvalue weighted by Gasteiger charge is -2.20. The number of nitrogens with two attached hydrogens (primary N) is 1. The topological polar surface area (TPSA) is 47.1 Å². The molecule has 0 saturated carbocycles. The summed E-state index contributed by atoms with van der Waals surface area (Å²) in [7, 11) is 0. The van der Waals surface area contributed by atoms with Gasteiger partial charge >= 0.3 is 0 Å². The average molecular weight is 286 g/mol. The molecule has 1 aliphatic heterocycles. The smallest absolute Gasteiger partial charge is 0.124 e. The lowest BCUT2D eigenvalue weighted by molar-refractivity contribution is 0.266. The molecule has 0 unspecified atom stereocenters. The van der Waals surface area contributed by atoms with Crippen LogP contribution in [0, 0.1) is 0 Å². The Bertz CT molecular complexity index is 567. The van der Waals surface area contributed by atoms with Crippen molar-refractivity contribution in [3.63, 3.8) is 0 Å². The first kappa shape index (κ1) is 14.5. The number of hydrogen-bond acceptors (Lipinski definition) is 3. The zero-order valence-corrected chi connectivity index (χ0v) is 12.8. The first-order valence-electron chi connectivity index (χ1n) is 8.25. The number of nitrogens with zero attached hydrogens (tertiary/aromatic N) is 3. The maximum Gasteiger partial charge on any atom is 0.124 e. The summed E-state index contributed by atoms with van der Waals surface area (Å²) < 4.78 is 2.37. The van der Waals surface area contributed by atoms with Crippen LogP contribution in [-0.2, 0) is 13.1 Å². The van der Waals surface area contributed by atoms with Crippen LogP contribution in [0.2, 0.25) is 0 Å². The van der Waals surface area contributed by atoms with E-state index in [9.17, 15) is 0 Å². The average Bonchev–Trinajstić information content (AvgIpc) is 2.67. The Hall–Kier alpha value is -1.39. The van der Waals surface area contributed by atoms with Crippen molar-refractivity contribution >= 4 is 11.0 Å². The molecule has 0 atom stereocenters. The van der Waals surface area contributed by atoms with E-state index in [1.54, 1.807) is 0 Å². The molecule has 0 aliphatic carbocycles. The first-order chi connectivity index (χ1) is 10.4. The molecule has 1 aliphatic rings. The van der Waals surface area contributed by atoms with Gasteiger partial charge in [-0.1, -0.05) is 25.0 Å². The van der Waals surface area contributed by atoms with E-state index in [0.29, 0.717) is 0 Å². The molecule has 4 nitrogen and oxygen atoms in total. The van der Waals surface area contributed by atoms with Crippen LogP contribution in [0.3, 0.4) is 0 Å². The quantitative estimate of drug-likeness (QED) is 0.919. The highest BCUT2D eigenvalue weighted by Crippen LogP contribution is 2.19. The van der Waals surface area contributed by atoms with E-state index < -0.39 is 0 Å². The van der Waals surface area contributed by atoms with Gasteiger partial charge in [-0.2, -0.15) is 0 Å². The summed E-state index contributed by atoms with van der Waals surface area (Å²) in [5.41, 5.74) is 8.06. The van der Waals surface area contributed by atoms with Crippen molar-refractivity contribution < 1.29 is 0 Å². The van der Waals surface area contributed by atoms with Crippen LogP contribution in [0.25, 0.3) is 11.0 Å². The lowest BCUT2D eigenvalue weighted by atomic mass is 10.2. The molecule has 0 bridgehead atoms. The molecule has 114 valence electrons. The van der Waals surface area contributed by atoms with E-state index in [-0.39, 0.29) is 0 Å². The summed E-state index contributed by atoms with van der Waals surface area (Å²) in [4.78, 5) is 7.43. The molecule has 0 radical (unpaired) electrons. The summed E-state index contributed by atoms with van der Waals surface area (Å²) in [6.45, 7) is 5.09. The maximum atomic E-state index is 5.70. The van der Waals surface area contributed by atoms with Crippen molar-refractivity contribution in [1.29, 1.82) is 0 Å². The van der Waals surface area contributed by atoms with Crippen molar-refractivity contribution in [2.45, 2.75) is 45.2 Å². The number of hydrogen-bond donors (Lipinski definition) is 1. The van der Waals surface area contributed by atoms with E-state index in [4.69, 9.17) is 10.7 Å². The van der Waals surface area contributed by atoms with Gasteiger partial charge in [-0.05, 0) is 51.0 Å². The van der Waals surface area contributed by atoms with Crippen LogP contribution < -0.4 is 5.73 Å². The molecule has 3 rings (SSSR count). The SMILES string of the molecule is NCCCn1c(CN2CCCCCC2)nc2ccccc21. The number of para-hydroxylation sites is 2. The minimum Gasteiger partial charge on any atom is -0.330 e. The number of likely N-dealkylation sites (tertiary alicyclic amines) is 1. The maximum absolute atomic E-state index is 5.70. The minimum absolute atomic E-state index is 0.732. The van der Waals surface area contributed by atoms with Crippen molar-refractivity contribution in [3.8, 4) is 0 Å². The normalized spacial score (nSPS) is 17.2. The largest absolute Gasteiger partial charge is 0.330 e. The minimum atomic E-state index is 0.732. The Morgan fingerprint density at radius 1 is 1.05 bits per heavy atom. The Labute approximate surface area is 126 Å². The second kappa shape index (κ2) is 7.05. The zero-order valence-electron chi connectivity index (χ0n) is 12.8. The van der Waals surface area contributed by atoms with Gasteiger partial charge in [0.1, 0.15) is 5.82 Å². The summed E-state index contributed by atoms with van der Waals surface area (Å²) in [6.07, 6.45) is 6.40. The van der Waals surface area contributed by atoms with Gasteiger partial charge in [0.15, 0.2) is 0 Å². The number of imidazole rings is 1. The second-order valence-corrected chi connectivity index (χ2v) is 6.00. The van der Waals surface area contributed by atoms with Crippen LogP contribution in [0.15, 0.2) is 24.3 Å². The van der Waals surface area contributed by atoms with Gasteiger partial charge in [0.05, 0.1) is 17.6 Å². The van der Waals surface area contributed by atoms with Gasteiger partial charge in [0.2, 0.25) is 0 Å². The molecule has 21 heavy (non-hydrogen) atoms. The Morgan fingerprint density at radius 3 is 2.57 bits per heavy atom. The van der Waals surface area contributed by atoms with Crippen molar-refractivity contribution in [2.24, 2.45) is 5.73 Å². The fraction of sp³-hybridized carbons (Fsp3) is 0.588. The van der Waals surface area contributed by atoms with Crippen LogP contribution >= 0.6 is 0 Å². The number of aryl methyl sites for hydroxylation is 1. The Balaban J connectivity index is 1.85. The van der Waals surface area contributed by atoms with Crippen LogP contribution in [0.1, 0.15) is 37.9 Å². The van der Waals surface area contributed by atoms with Gasteiger partial charge in [0, 0.05) is 6.54 Å². The summed E-state index contributed by atoms with van der Waals surface area (Å²) in [5, 5.41) is 0. The lowest BCUT2D eigenvalue weighted by Crippen LogP contribution is -2.26. The molecule has 2 heterocycles. The van der Waals surface area contributed by atoms with Crippen molar-refractivity contribution in [2.75, 3.05) is 19.6 Å².